The minimum absolute atomic E-state index is 0.0285. The number of rotatable bonds is 4. The van der Waals surface area contributed by atoms with Crippen LogP contribution in [0.15, 0.2) is 30.3 Å². The average Bonchev–Trinajstić information content (AvgIpc) is 3.53. The van der Waals surface area contributed by atoms with E-state index in [0.29, 0.717) is 16.7 Å². The largest absolute Gasteiger partial charge is 0.487 e. The van der Waals surface area contributed by atoms with E-state index in [-0.39, 0.29) is 54.5 Å². The highest BCUT2D eigenvalue weighted by atomic mass is 19.4. The molecule has 3 aromatic rings. The zero-order valence-electron chi connectivity index (χ0n) is 19.6. The van der Waals surface area contributed by atoms with Gasteiger partial charge in [0.2, 0.25) is 6.10 Å². The van der Waals surface area contributed by atoms with E-state index in [0.717, 1.165) is 0 Å². The molecular weight excluding hydrogens is 485 g/mol. The molecule has 11 heteroatoms. The fraction of sp³-hybridized carbons (Fsp3) is 0.440. The van der Waals surface area contributed by atoms with Gasteiger partial charge in [-0.05, 0) is 32.8 Å². The molecule has 1 aromatic heterocycles. The van der Waals surface area contributed by atoms with E-state index >= 15 is 4.39 Å². The third kappa shape index (κ3) is 4.76. The first-order chi connectivity index (χ1) is 17.0. The number of aryl methyl sites for hydroxylation is 1. The first kappa shape index (κ1) is 24.5. The second kappa shape index (κ2) is 9.02. The van der Waals surface area contributed by atoms with Gasteiger partial charge in [0, 0.05) is 22.6 Å². The van der Waals surface area contributed by atoms with Crippen LogP contribution < -0.4 is 14.8 Å². The van der Waals surface area contributed by atoms with Crippen molar-refractivity contribution in [1.29, 1.82) is 0 Å². The molecule has 5 rings (SSSR count). The molecule has 1 saturated carbocycles. The Hall–Kier alpha value is -3.21. The Morgan fingerprint density at radius 2 is 1.89 bits per heavy atom. The fourth-order valence-corrected chi connectivity index (χ4v) is 4.21. The molecule has 1 fully saturated rings. The lowest BCUT2D eigenvalue weighted by Gasteiger charge is -2.22. The number of benzene rings is 2. The molecule has 2 heterocycles. The molecule has 0 spiro atoms. The molecule has 2 aromatic carbocycles. The predicted octanol–water partition coefficient (Wildman–Crippen LogP) is 5.93. The summed E-state index contributed by atoms with van der Waals surface area (Å²) in [4.78, 5) is 8.77. The molecule has 36 heavy (non-hydrogen) atoms. The van der Waals surface area contributed by atoms with Crippen LogP contribution in [0.3, 0.4) is 0 Å². The summed E-state index contributed by atoms with van der Waals surface area (Å²) in [5.74, 6) is -0.0240. The van der Waals surface area contributed by atoms with Gasteiger partial charge in [-0.2, -0.15) is 13.2 Å². The summed E-state index contributed by atoms with van der Waals surface area (Å²) < 4.78 is 86.2. The minimum Gasteiger partial charge on any atom is -0.487 e. The normalized spacial score (nSPS) is 20.2. The van der Waals surface area contributed by atoms with Gasteiger partial charge in [-0.1, -0.05) is 18.2 Å². The number of ether oxygens (including phenoxy) is 3. The molecule has 1 aliphatic heterocycles. The maximum atomic E-state index is 15.2. The van der Waals surface area contributed by atoms with Gasteiger partial charge in [-0.3, -0.25) is 0 Å². The average molecular weight is 509 g/mol. The highest BCUT2D eigenvalue weighted by Crippen LogP contribution is 2.51. The minimum atomic E-state index is -4.66. The second-order valence-corrected chi connectivity index (χ2v) is 9.05. The number of aromatic nitrogens is 2. The number of nitrogens with one attached hydrogen (secondary N) is 1. The summed E-state index contributed by atoms with van der Waals surface area (Å²) in [7, 11) is 0. The van der Waals surface area contributed by atoms with Crippen molar-refractivity contribution >= 4 is 16.7 Å². The maximum Gasteiger partial charge on any atom is 0.427 e. The van der Waals surface area contributed by atoms with Crippen molar-refractivity contribution in [2.75, 3.05) is 25.1 Å². The molecule has 0 radical (unpaired) electrons. The van der Waals surface area contributed by atoms with Crippen molar-refractivity contribution in [2.45, 2.75) is 50.7 Å². The van der Waals surface area contributed by atoms with E-state index in [9.17, 15) is 17.6 Å². The van der Waals surface area contributed by atoms with E-state index in [1.165, 1.54) is 18.2 Å². The van der Waals surface area contributed by atoms with E-state index in [4.69, 9.17) is 14.2 Å². The molecule has 6 nitrogen and oxygen atoms in total. The zero-order chi connectivity index (χ0) is 25.7. The van der Waals surface area contributed by atoms with Crippen molar-refractivity contribution in [3.05, 3.63) is 53.1 Å². The van der Waals surface area contributed by atoms with Crippen LogP contribution in [0.1, 0.15) is 42.8 Å². The van der Waals surface area contributed by atoms with Gasteiger partial charge in [-0.25, -0.2) is 18.7 Å². The zero-order valence-corrected chi connectivity index (χ0v) is 19.6. The summed E-state index contributed by atoms with van der Waals surface area (Å²) in [6.07, 6.45) is -6.29. The van der Waals surface area contributed by atoms with Crippen LogP contribution in [0, 0.1) is 12.7 Å². The lowest BCUT2D eigenvalue weighted by atomic mass is 10.00. The molecule has 2 unspecified atom stereocenters. The van der Waals surface area contributed by atoms with Crippen LogP contribution in [-0.4, -0.2) is 42.1 Å². The highest BCUT2D eigenvalue weighted by Gasteiger charge is 2.47. The SMILES string of the molecule is Cc1nc(NC(C)c2cccc(C3(F)CC3)c2F)c2cc3c(cc2n1)OCCOCC(C(F)(F)F)O3. The molecule has 1 N–H and O–H groups in total. The molecule has 0 bridgehead atoms. The molecule has 0 amide bonds. The number of hydrogen-bond donors (Lipinski definition) is 1. The lowest BCUT2D eigenvalue weighted by Crippen LogP contribution is -2.38. The van der Waals surface area contributed by atoms with Crippen molar-refractivity contribution in [2.24, 2.45) is 0 Å². The first-order valence-corrected chi connectivity index (χ1v) is 11.6. The van der Waals surface area contributed by atoms with Crippen LogP contribution in [0.2, 0.25) is 0 Å². The Bertz CT molecular complexity index is 1300. The van der Waals surface area contributed by atoms with Gasteiger partial charge in [0.25, 0.3) is 0 Å². The molecule has 0 saturated heterocycles. The van der Waals surface area contributed by atoms with Crippen LogP contribution in [-0.2, 0) is 10.4 Å². The van der Waals surface area contributed by atoms with Gasteiger partial charge in [0.15, 0.2) is 11.5 Å². The van der Waals surface area contributed by atoms with E-state index in [1.54, 1.807) is 26.0 Å². The first-order valence-electron chi connectivity index (χ1n) is 11.6. The Labute approximate surface area is 203 Å². The molecule has 192 valence electrons. The van der Waals surface area contributed by atoms with Crippen molar-refractivity contribution in [1.82, 2.24) is 9.97 Å². The van der Waals surface area contributed by atoms with Crippen LogP contribution in [0.4, 0.5) is 27.8 Å². The summed E-state index contributed by atoms with van der Waals surface area (Å²) in [5.41, 5.74) is -0.959. The van der Waals surface area contributed by atoms with Crippen LogP contribution >= 0.6 is 0 Å². The van der Waals surface area contributed by atoms with Crippen molar-refractivity contribution < 1.29 is 36.2 Å². The Morgan fingerprint density at radius 3 is 2.61 bits per heavy atom. The number of fused-ring (bicyclic) bond motifs is 2. The summed E-state index contributed by atoms with van der Waals surface area (Å²) in [6, 6.07) is 6.82. The third-order valence-corrected chi connectivity index (χ3v) is 6.28. The molecule has 2 atom stereocenters. The summed E-state index contributed by atoms with van der Waals surface area (Å²) >= 11 is 0. The summed E-state index contributed by atoms with van der Waals surface area (Å²) in [5, 5.41) is 3.47. The number of nitrogens with zero attached hydrogens (tertiary/aromatic N) is 2. The molecule has 2 aliphatic rings. The monoisotopic (exact) mass is 509 g/mol. The third-order valence-electron chi connectivity index (χ3n) is 6.28. The second-order valence-electron chi connectivity index (χ2n) is 9.05. The quantitative estimate of drug-likeness (QED) is 0.440. The van der Waals surface area contributed by atoms with Gasteiger partial charge < -0.3 is 19.5 Å². The Kier molecular flexibility index (Phi) is 6.14. The van der Waals surface area contributed by atoms with Gasteiger partial charge >= 0.3 is 6.18 Å². The Morgan fingerprint density at radius 1 is 1.11 bits per heavy atom. The van der Waals surface area contributed by atoms with E-state index in [2.05, 4.69) is 15.3 Å². The predicted molar refractivity (Wildman–Crippen MR) is 122 cm³/mol. The van der Waals surface area contributed by atoms with Crippen LogP contribution in [0.25, 0.3) is 10.9 Å². The molecule has 1 aliphatic carbocycles. The lowest BCUT2D eigenvalue weighted by molar-refractivity contribution is -0.207. The van der Waals surface area contributed by atoms with E-state index < -0.39 is 36.4 Å². The van der Waals surface area contributed by atoms with Crippen molar-refractivity contribution in [3.63, 3.8) is 0 Å². The van der Waals surface area contributed by atoms with Gasteiger partial charge in [0.05, 0.1) is 24.8 Å². The van der Waals surface area contributed by atoms with E-state index in [1.807, 2.05) is 0 Å². The number of hydrogen-bond acceptors (Lipinski definition) is 6. The number of alkyl halides is 4. The molecular formula is C25H24F5N3O3. The number of halogens is 5. The van der Waals surface area contributed by atoms with Gasteiger partial charge in [-0.15, -0.1) is 0 Å². The smallest absolute Gasteiger partial charge is 0.427 e. The highest BCUT2D eigenvalue weighted by molar-refractivity contribution is 5.92. The van der Waals surface area contributed by atoms with Crippen LogP contribution in [0.5, 0.6) is 11.5 Å². The standard InChI is InChI=1S/C25H24F5N3O3/c1-13(15-4-3-5-17(22(15)26)24(27)6-7-24)31-23-16-10-20-19(11-18(16)32-14(2)33-23)35-9-8-34-12-21(36-20)25(28,29)30/h3-5,10-11,13,21H,6-9,12H2,1-2H3,(H,31,32,33). The fourth-order valence-electron chi connectivity index (χ4n) is 4.21. The number of anilines is 1. The Balaban J connectivity index is 1.53. The maximum absolute atomic E-state index is 15.2. The van der Waals surface area contributed by atoms with Gasteiger partial charge in [0.1, 0.15) is 29.7 Å². The summed E-state index contributed by atoms with van der Waals surface area (Å²) in [6.45, 7) is 2.67. The topological polar surface area (TPSA) is 65.5 Å². The van der Waals surface area contributed by atoms with Crippen molar-refractivity contribution in [3.8, 4) is 11.5 Å².